The van der Waals surface area contributed by atoms with Gasteiger partial charge in [-0.2, -0.15) is 0 Å². The van der Waals surface area contributed by atoms with Crippen molar-refractivity contribution in [3.05, 3.63) is 29.6 Å². The minimum Gasteiger partial charge on any atom is -0.365 e. The van der Waals surface area contributed by atoms with Crippen LogP contribution in [-0.2, 0) is 0 Å². The van der Waals surface area contributed by atoms with Gasteiger partial charge in [0.25, 0.3) is 0 Å². The lowest BCUT2D eigenvalue weighted by atomic mass is 10.1. The van der Waals surface area contributed by atoms with Gasteiger partial charge in [0.2, 0.25) is 0 Å². The van der Waals surface area contributed by atoms with E-state index in [1.807, 2.05) is 19.1 Å². The molecular weight excluding hydrogens is 241 g/mol. The van der Waals surface area contributed by atoms with E-state index in [0.717, 1.165) is 31.5 Å². The van der Waals surface area contributed by atoms with Gasteiger partial charge in [-0.15, -0.1) is 0 Å². The van der Waals surface area contributed by atoms with Crippen molar-refractivity contribution in [2.45, 2.75) is 31.8 Å². The highest BCUT2D eigenvalue weighted by molar-refractivity contribution is 5.51. The molecule has 0 aromatic heterocycles. The Bertz CT molecular complexity index is 431. The van der Waals surface area contributed by atoms with E-state index in [2.05, 4.69) is 23.9 Å². The first-order valence-electron chi connectivity index (χ1n) is 6.95. The average Bonchev–Trinajstić information content (AvgIpc) is 2.75. The number of hydrogen-bond acceptors (Lipinski definition) is 3. The molecule has 2 rings (SSSR count). The van der Waals surface area contributed by atoms with Gasteiger partial charge in [-0.25, -0.2) is 4.39 Å². The summed E-state index contributed by atoms with van der Waals surface area (Å²) in [6, 6.07) is 5.67. The Hall–Kier alpha value is -1.13. The lowest BCUT2D eigenvalue weighted by Crippen LogP contribution is -2.38. The molecule has 106 valence electrons. The van der Waals surface area contributed by atoms with Gasteiger partial charge in [0.15, 0.2) is 0 Å². The Kier molecular flexibility index (Phi) is 4.42. The van der Waals surface area contributed by atoms with Crippen LogP contribution >= 0.6 is 0 Å². The van der Waals surface area contributed by atoms with E-state index in [-0.39, 0.29) is 11.9 Å². The molecule has 4 heteroatoms. The van der Waals surface area contributed by atoms with Crippen molar-refractivity contribution in [3.63, 3.8) is 0 Å². The third-order valence-corrected chi connectivity index (χ3v) is 3.76. The van der Waals surface area contributed by atoms with Gasteiger partial charge in [0, 0.05) is 25.2 Å². The van der Waals surface area contributed by atoms with Crippen molar-refractivity contribution < 1.29 is 4.39 Å². The SMILES string of the molecule is CC(N)c1ccc(N2CCCC2CN(C)C)c(F)c1. The molecule has 2 atom stereocenters. The summed E-state index contributed by atoms with van der Waals surface area (Å²) in [5, 5.41) is 0. The molecule has 0 aliphatic carbocycles. The van der Waals surface area contributed by atoms with Crippen LogP contribution in [0.2, 0.25) is 0 Å². The molecule has 2 N–H and O–H groups in total. The van der Waals surface area contributed by atoms with E-state index < -0.39 is 0 Å². The summed E-state index contributed by atoms with van der Waals surface area (Å²) in [5.41, 5.74) is 7.36. The highest BCUT2D eigenvalue weighted by atomic mass is 19.1. The Morgan fingerprint density at radius 3 is 2.79 bits per heavy atom. The quantitative estimate of drug-likeness (QED) is 0.907. The summed E-state index contributed by atoms with van der Waals surface area (Å²) >= 11 is 0. The first-order valence-corrected chi connectivity index (χ1v) is 6.95. The third kappa shape index (κ3) is 3.25. The normalized spacial score (nSPS) is 21.2. The van der Waals surface area contributed by atoms with Gasteiger partial charge in [0.1, 0.15) is 5.82 Å². The number of rotatable bonds is 4. The summed E-state index contributed by atoms with van der Waals surface area (Å²) < 4.78 is 14.3. The van der Waals surface area contributed by atoms with Crippen LogP contribution < -0.4 is 10.6 Å². The zero-order valence-corrected chi connectivity index (χ0v) is 12.1. The summed E-state index contributed by atoms with van der Waals surface area (Å²) in [5.74, 6) is -0.152. The van der Waals surface area contributed by atoms with Gasteiger partial charge < -0.3 is 15.5 Å². The molecule has 1 aromatic carbocycles. The first kappa shape index (κ1) is 14.3. The fraction of sp³-hybridized carbons (Fsp3) is 0.600. The van der Waals surface area contributed by atoms with Crippen LogP contribution in [0, 0.1) is 5.82 Å². The molecule has 19 heavy (non-hydrogen) atoms. The van der Waals surface area contributed by atoms with E-state index in [9.17, 15) is 4.39 Å². The second-order valence-corrected chi connectivity index (χ2v) is 5.75. The molecule has 0 bridgehead atoms. The zero-order chi connectivity index (χ0) is 14.0. The topological polar surface area (TPSA) is 32.5 Å². The Morgan fingerprint density at radius 2 is 2.21 bits per heavy atom. The molecule has 0 amide bonds. The van der Waals surface area contributed by atoms with Gasteiger partial charge in [0.05, 0.1) is 5.69 Å². The van der Waals surface area contributed by atoms with Crippen LogP contribution in [-0.4, -0.2) is 38.1 Å². The smallest absolute Gasteiger partial charge is 0.146 e. The van der Waals surface area contributed by atoms with Gasteiger partial charge in [-0.05, 0) is 51.6 Å². The van der Waals surface area contributed by atoms with Crippen LogP contribution in [0.15, 0.2) is 18.2 Å². The Labute approximate surface area is 115 Å². The molecule has 1 fully saturated rings. The predicted molar refractivity (Wildman–Crippen MR) is 77.9 cm³/mol. The Morgan fingerprint density at radius 1 is 1.47 bits per heavy atom. The number of halogens is 1. The average molecular weight is 265 g/mol. The number of hydrogen-bond donors (Lipinski definition) is 1. The van der Waals surface area contributed by atoms with Crippen molar-refractivity contribution in [1.29, 1.82) is 0 Å². The molecule has 3 nitrogen and oxygen atoms in total. The molecular formula is C15H24FN3. The molecule has 1 saturated heterocycles. The minimum absolute atomic E-state index is 0.125. The highest BCUT2D eigenvalue weighted by Gasteiger charge is 2.27. The van der Waals surface area contributed by atoms with Gasteiger partial charge in [-0.1, -0.05) is 6.07 Å². The van der Waals surface area contributed by atoms with Crippen molar-refractivity contribution in [2.24, 2.45) is 5.73 Å². The third-order valence-electron chi connectivity index (χ3n) is 3.76. The molecule has 0 saturated carbocycles. The largest absolute Gasteiger partial charge is 0.365 e. The van der Waals surface area contributed by atoms with Crippen molar-refractivity contribution in [2.75, 3.05) is 32.1 Å². The monoisotopic (exact) mass is 265 g/mol. The van der Waals surface area contributed by atoms with Crippen LogP contribution in [0.4, 0.5) is 10.1 Å². The van der Waals surface area contributed by atoms with Crippen LogP contribution in [0.5, 0.6) is 0 Å². The molecule has 1 aliphatic heterocycles. The fourth-order valence-corrected chi connectivity index (χ4v) is 2.80. The van der Waals surface area contributed by atoms with Gasteiger partial charge >= 0.3 is 0 Å². The molecule has 1 aromatic rings. The molecule has 1 aliphatic rings. The van der Waals surface area contributed by atoms with E-state index in [1.54, 1.807) is 6.07 Å². The molecule has 1 heterocycles. The second-order valence-electron chi connectivity index (χ2n) is 5.75. The maximum atomic E-state index is 14.3. The molecule has 2 unspecified atom stereocenters. The fourth-order valence-electron chi connectivity index (χ4n) is 2.80. The number of nitrogens with two attached hydrogens (primary N) is 1. The maximum absolute atomic E-state index is 14.3. The lowest BCUT2D eigenvalue weighted by Gasteiger charge is -2.29. The van der Waals surface area contributed by atoms with Crippen LogP contribution in [0.3, 0.4) is 0 Å². The standard InChI is InChI=1S/C15H24FN3/c1-11(17)12-6-7-15(14(16)9-12)19-8-4-5-13(19)10-18(2)3/h6-7,9,11,13H,4-5,8,10,17H2,1-3H3. The maximum Gasteiger partial charge on any atom is 0.146 e. The summed E-state index contributed by atoms with van der Waals surface area (Å²) in [4.78, 5) is 4.36. The van der Waals surface area contributed by atoms with Crippen molar-refractivity contribution in [1.82, 2.24) is 4.90 Å². The van der Waals surface area contributed by atoms with Crippen molar-refractivity contribution in [3.8, 4) is 0 Å². The highest BCUT2D eigenvalue weighted by Crippen LogP contribution is 2.29. The Balaban J connectivity index is 2.21. The first-order chi connectivity index (χ1) is 8.99. The second kappa shape index (κ2) is 5.88. The van der Waals surface area contributed by atoms with Crippen LogP contribution in [0.25, 0.3) is 0 Å². The van der Waals surface area contributed by atoms with E-state index in [1.165, 1.54) is 0 Å². The lowest BCUT2D eigenvalue weighted by molar-refractivity contribution is 0.371. The summed E-state index contributed by atoms with van der Waals surface area (Å²) in [7, 11) is 4.12. The van der Waals surface area contributed by atoms with E-state index in [0.29, 0.717) is 11.7 Å². The minimum atomic E-state index is -0.152. The van der Waals surface area contributed by atoms with Crippen LogP contribution in [0.1, 0.15) is 31.4 Å². The number of benzene rings is 1. The molecule has 0 spiro atoms. The van der Waals surface area contributed by atoms with E-state index >= 15 is 0 Å². The summed E-state index contributed by atoms with van der Waals surface area (Å²) in [6.45, 7) is 3.78. The van der Waals surface area contributed by atoms with Gasteiger partial charge in [-0.3, -0.25) is 0 Å². The van der Waals surface area contributed by atoms with E-state index in [4.69, 9.17) is 5.73 Å². The number of likely N-dealkylation sites (N-methyl/N-ethyl adjacent to an activating group) is 1. The number of nitrogens with zero attached hydrogens (tertiary/aromatic N) is 2. The zero-order valence-electron chi connectivity index (χ0n) is 12.1. The predicted octanol–water partition coefficient (Wildman–Crippen LogP) is 2.38. The summed E-state index contributed by atoms with van der Waals surface area (Å²) in [6.07, 6.45) is 2.26. The van der Waals surface area contributed by atoms with Crippen molar-refractivity contribution >= 4 is 5.69 Å². The molecule has 0 radical (unpaired) electrons. The number of anilines is 1.